The van der Waals surface area contributed by atoms with Gasteiger partial charge in [0.2, 0.25) is 5.89 Å². The first-order chi connectivity index (χ1) is 6.35. The Hall–Kier alpha value is -1.43. The number of carbonyl (C=O) groups is 1. The fraction of sp³-hybridized carbons (Fsp3) is 0.625. The predicted octanol–water partition coefficient (Wildman–Crippen LogP) is 0.451. The molecule has 1 rings (SSSR count). The third-order valence-electron chi connectivity index (χ3n) is 1.92. The lowest BCUT2D eigenvalue weighted by Crippen LogP contribution is -2.30. The number of hydrogen-bond acceptors (Lipinski definition) is 5. The molecule has 1 atom stereocenters. The van der Waals surface area contributed by atoms with Crippen LogP contribution in [0.3, 0.4) is 0 Å². The highest BCUT2D eigenvalue weighted by Crippen LogP contribution is 2.21. The summed E-state index contributed by atoms with van der Waals surface area (Å²) in [5.74, 6) is -0.624. The van der Waals surface area contributed by atoms with Gasteiger partial charge in [-0.05, 0) is 20.8 Å². The Morgan fingerprint density at radius 3 is 2.57 bits per heavy atom. The standard InChI is InChI=1S/C8H13N3O3/c1-4(9)5-10-6(11-14-5)8(2,3)7(12)13/h4H,9H2,1-3H3,(H,12,13)/t4-/m0/s1. The number of rotatable bonds is 3. The molecule has 0 aromatic carbocycles. The van der Waals surface area contributed by atoms with Crippen molar-refractivity contribution in [2.24, 2.45) is 5.73 Å². The fourth-order valence-corrected chi connectivity index (χ4v) is 0.770. The van der Waals surface area contributed by atoms with Gasteiger partial charge in [0.1, 0.15) is 5.41 Å². The molecular weight excluding hydrogens is 186 g/mol. The molecule has 6 heteroatoms. The summed E-state index contributed by atoms with van der Waals surface area (Å²) in [5.41, 5.74) is 4.35. The van der Waals surface area contributed by atoms with Gasteiger partial charge in [-0.2, -0.15) is 4.98 Å². The van der Waals surface area contributed by atoms with Crippen LogP contribution in [-0.4, -0.2) is 21.2 Å². The van der Waals surface area contributed by atoms with Crippen molar-refractivity contribution < 1.29 is 14.4 Å². The maximum absolute atomic E-state index is 10.8. The Bertz CT molecular complexity index is 343. The minimum absolute atomic E-state index is 0.136. The Morgan fingerprint density at radius 1 is 1.64 bits per heavy atom. The fourth-order valence-electron chi connectivity index (χ4n) is 0.770. The van der Waals surface area contributed by atoms with E-state index in [0.717, 1.165) is 0 Å². The number of aliphatic carboxylic acids is 1. The summed E-state index contributed by atoms with van der Waals surface area (Å²) in [4.78, 5) is 14.8. The maximum atomic E-state index is 10.8. The first-order valence-corrected chi connectivity index (χ1v) is 4.18. The predicted molar refractivity (Wildman–Crippen MR) is 47.6 cm³/mol. The maximum Gasteiger partial charge on any atom is 0.316 e. The van der Waals surface area contributed by atoms with Gasteiger partial charge < -0.3 is 15.4 Å². The quantitative estimate of drug-likeness (QED) is 0.732. The molecule has 3 N–H and O–H groups in total. The van der Waals surface area contributed by atoms with E-state index in [0.29, 0.717) is 0 Å². The van der Waals surface area contributed by atoms with Gasteiger partial charge in [0, 0.05) is 0 Å². The lowest BCUT2D eigenvalue weighted by atomic mass is 9.93. The second-order valence-electron chi connectivity index (χ2n) is 3.68. The summed E-state index contributed by atoms with van der Waals surface area (Å²) in [6.07, 6.45) is 0. The number of carboxylic acids is 1. The van der Waals surface area contributed by atoms with E-state index in [-0.39, 0.29) is 17.8 Å². The molecule has 0 bridgehead atoms. The molecule has 78 valence electrons. The zero-order valence-corrected chi connectivity index (χ0v) is 8.31. The van der Waals surface area contributed by atoms with Gasteiger partial charge in [0.05, 0.1) is 6.04 Å². The lowest BCUT2D eigenvalue weighted by molar-refractivity contribution is -0.142. The molecular formula is C8H13N3O3. The molecule has 0 spiro atoms. The van der Waals surface area contributed by atoms with Crippen LogP contribution in [0.2, 0.25) is 0 Å². The summed E-state index contributed by atoms with van der Waals surface area (Å²) >= 11 is 0. The van der Waals surface area contributed by atoms with Gasteiger partial charge in [-0.3, -0.25) is 4.79 Å². The van der Waals surface area contributed by atoms with E-state index in [1.54, 1.807) is 6.92 Å². The van der Waals surface area contributed by atoms with Crippen LogP contribution in [0, 0.1) is 0 Å². The van der Waals surface area contributed by atoms with E-state index in [2.05, 4.69) is 10.1 Å². The van der Waals surface area contributed by atoms with E-state index in [1.165, 1.54) is 13.8 Å². The molecule has 0 radical (unpaired) electrons. The summed E-state index contributed by atoms with van der Waals surface area (Å²) in [7, 11) is 0. The second kappa shape index (κ2) is 3.38. The summed E-state index contributed by atoms with van der Waals surface area (Å²) in [6, 6.07) is -0.388. The third-order valence-corrected chi connectivity index (χ3v) is 1.92. The van der Waals surface area contributed by atoms with Crippen LogP contribution in [0.4, 0.5) is 0 Å². The van der Waals surface area contributed by atoms with Crippen molar-refractivity contribution in [3.63, 3.8) is 0 Å². The molecule has 6 nitrogen and oxygen atoms in total. The van der Waals surface area contributed by atoms with Crippen molar-refractivity contribution in [2.75, 3.05) is 0 Å². The van der Waals surface area contributed by atoms with Gasteiger partial charge in [-0.1, -0.05) is 5.16 Å². The Morgan fingerprint density at radius 2 is 2.21 bits per heavy atom. The van der Waals surface area contributed by atoms with E-state index < -0.39 is 11.4 Å². The van der Waals surface area contributed by atoms with E-state index in [9.17, 15) is 4.79 Å². The van der Waals surface area contributed by atoms with Crippen LogP contribution in [0.1, 0.15) is 38.5 Å². The zero-order chi connectivity index (χ0) is 10.9. The summed E-state index contributed by atoms with van der Waals surface area (Å²) < 4.78 is 4.81. The monoisotopic (exact) mass is 199 g/mol. The number of aromatic nitrogens is 2. The van der Waals surface area contributed by atoms with Crippen molar-refractivity contribution in [2.45, 2.75) is 32.2 Å². The molecule has 0 unspecified atom stereocenters. The van der Waals surface area contributed by atoms with Gasteiger partial charge >= 0.3 is 5.97 Å². The van der Waals surface area contributed by atoms with Crippen molar-refractivity contribution in [3.8, 4) is 0 Å². The third kappa shape index (κ3) is 1.74. The number of nitrogens with zero attached hydrogens (tertiary/aromatic N) is 2. The molecule has 0 saturated heterocycles. The van der Waals surface area contributed by atoms with Crippen molar-refractivity contribution in [1.29, 1.82) is 0 Å². The first kappa shape index (κ1) is 10.6. The number of nitrogens with two attached hydrogens (primary N) is 1. The van der Waals surface area contributed by atoms with E-state index >= 15 is 0 Å². The number of hydrogen-bond donors (Lipinski definition) is 2. The molecule has 1 aromatic heterocycles. The molecule has 0 aliphatic heterocycles. The summed E-state index contributed by atoms with van der Waals surface area (Å²) in [5, 5.41) is 12.5. The van der Waals surface area contributed by atoms with Crippen molar-refractivity contribution in [1.82, 2.24) is 10.1 Å². The van der Waals surface area contributed by atoms with Gasteiger partial charge in [0.15, 0.2) is 5.82 Å². The van der Waals surface area contributed by atoms with E-state index in [1.807, 2.05) is 0 Å². The highest BCUT2D eigenvalue weighted by atomic mass is 16.5. The molecule has 0 saturated carbocycles. The molecule has 14 heavy (non-hydrogen) atoms. The van der Waals surface area contributed by atoms with Crippen LogP contribution >= 0.6 is 0 Å². The minimum Gasteiger partial charge on any atom is -0.481 e. The van der Waals surface area contributed by atoms with Crippen LogP contribution in [0.5, 0.6) is 0 Å². The highest BCUT2D eigenvalue weighted by molar-refractivity contribution is 5.78. The van der Waals surface area contributed by atoms with Crippen molar-refractivity contribution >= 4 is 5.97 Å². The molecule has 1 heterocycles. The van der Waals surface area contributed by atoms with Crippen LogP contribution in [0.25, 0.3) is 0 Å². The number of carboxylic acid groups (broad SMARTS) is 1. The Balaban J connectivity index is 3.03. The topological polar surface area (TPSA) is 102 Å². The molecule has 0 fully saturated rings. The Labute approximate surface area is 81.1 Å². The molecule has 0 amide bonds. The highest BCUT2D eigenvalue weighted by Gasteiger charge is 2.35. The van der Waals surface area contributed by atoms with Gasteiger partial charge in [0.25, 0.3) is 0 Å². The average Bonchev–Trinajstić information content (AvgIpc) is 2.51. The Kier molecular flexibility index (Phi) is 2.57. The van der Waals surface area contributed by atoms with Crippen LogP contribution < -0.4 is 5.73 Å². The van der Waals surface area contributed by atoms with Crippen molar-refractivity contribution in [3.05, 3.63) is 11.7 Å². The first-order valence-electron chi connectivity index (χ1n) is 4.18. The summed E-state index contributed by atoms with van der Waals surface area (Å²) in [6.45, 7) is 4.70. The molecule has 0 aliphatic carbocycles. The lowest BCUT2D eigenvalue weighted by Gasteiger charge is -2.12. The molecule has 0 aliphatic rings. The smallest absolute Gasteiger partial charge is 0.316 e. The SMILES string of the molecule is C[C@H](N)c1nc(C(C)(C)C(=O)O)no1. The van der Waals surface area contributed by atoms with E-state index in [4.69, 9.17) is 15.4 Å². The molecule has 1 aromatic rings. The zero-order valence-electron chi connectivity index (χ0n) is 8.31. The normalized spacial score (nSPS) is 14.0. The van der Waals surface area contributed by atoms with Crippen LogP contribution in [-0.2, 0) is 10.2 Å². The van der Waals surface area contributed by atoms with Gasteiger partial charge in [-0.25, -0.2) is 0 Å². The minimum atomic E-state index is -1.16. The largest absolute Gasteiger partial charge is 0.481 e. The van der Waals surface area contributed by atoms with Gasteiger partial charge in [-0.15, -0.1) is 0 Å². The second-order valence-corrected chi connectivity index (χ2v) is 3.68. The van der Waals surface area contributed by atoms with Crippen LogP contribution in [0.15, 0.2) is 4.52 Å². The average molecular weight is 199 g/mol.